The average molecular weight is 195 g/mol. The Hall–Kier alpha value is -1.71. The minimum atomic E-state index is -0.573. The lowest BCUT2D eigenvalue weighted by Crippen LogP contribution is -1.98. The molecule has 0 aliphatic rings. The van der Waals surface area contributed by atoms with Gasteiger partial charge in [-0.2, -0.15) is 4.39 Å². The molecule has 0 aromatic carbocycles. The number of aromatic nitrogens is 1. The van der Waals surface area contributed by atoms with Gasteiger partial charge in [-0.15, -0.1) is 0 Å². The van der Waals surface area contributed by atoms with Crippen molar-refractivity contribution in [3.8, 4) is 0 Å². The summed E-state index contributed by atoms with van der Waals surface area (Å²) in [4.78, 5) is 14.3. The first-order valence-corrected chi connectivity index (χ1v) is 4.18. The van der Waals surface area contributed by atoms with E-state index < -0.39 is 11.9 Å². The second-order valence-corrected chi connectivity index (χ2v) is 2.50. The summed E-state index contributed by atoms with van der Waals surface area (Å²) in [5.41, 5.74) is 0.575. The molecule has 1 heterocycles. The van der Waals surface area contributed by atoms with Gasteiger partial charge < -0.3 is 4.74 Å². The van der Waals surface area contributed by atoms with Crippen molar-refractivity contribution >= 4 is 12.0 Å². The monoisotopic (exact) mass is 195 g/mol. The zero-order chi connectivity index (χ0) is 10.4. The third-order valence-corrected chi connectivity index (χ3v) is 1.45. The molecule has 0 amide bonds. The van der Waals surface area contributed by atoms with Crippen molar-refractivity contribution in [1.82, 2.24) is 4.98 Å². The smallest absolute Gasteiger partial charge is 0.330 e. The van der Waals surface area contributed by atoms with E-state index in [-0.39, 0.29) is 0 Å². The van der Waals surface area contributed by atoms with E-state index in [1.54, 1.807) is 13.0 Å². The number of esters is 1. The Labute approximate surface area is 81.2 Å². The Bertz CT molecular complexity index is 350. The van der Waals surface area contributed by atoms with Crippen molar-refractivity contribution in [2.24, 2.45) is 0 Å². The highest BCUT2D eigenvalue weighted by Gasteiger charge is 1.95. The highest BCUT2D eigenvalue weighted by Crippen LogP contribution is 2.02. The Morgan fingerprint density at radius 2 is 2.50 bits per heavy atom. The zero-order valence-electron chi connectivity index (χ0n) is 7.74. The van der Waals surface area contributed by atoms with Crippen LogP contribution in [0.2, 0.25) is 0 Å². The number of carbonyl (C=O) groups is 1. The maximum Gasteiger partial charge on any atom is 0.330 e. The lowest BCUT2D eigenvalue weighted by atomic mass is 10.2. The number of hydrogen-bond acceptors (Lipinski definition) is 3. The molecule has 0 saturated heterocycles. The van der Waals surface area contributed by atoms with Gasteiger partial charge in [0.25, 0.3) is 0 Å². The summed E-state index contributed by atoms with van der Waals surface area (Å²) in [7, 11) is 0. The molecule has 0 saturated carbocycles. The zero-order valence-corrected chi connectivity index (χ0v) is 7.74. The van der Waals surface area contributed by atoms with Crippen LogP contribution in [0.25, 0.3) is 6.08 Å². The lowest BCUT2D eigenvalue weighted by Gasteiger charge is -1.95. The van der Waals surface area contributed by atoms with Crippen LogP contribution < -0.4 is 0 Å². The fourth-order valence-corrected chi connectivity index (χ4v) is 0.876. The third-order valence-electron chi connectivity index (χ3n) is 1.45. The standard InChI is InChI=1S/C10H10FNO2/c1-2-14-10(13)4-3-8-5-6-12-9(11)7-8/h3-7H,2H2,1H3. The molecular weight excluding hydrogens is 185 g/mol. The van der Waals surface area contributed by atoms with E-state index in [1.165, 1.54) is 24.4 Å². The fourth-order valence-electron chi connectivity index (χ4n) is 0.876. The van der Waals surface area contributed by atoms with Crippen molar-refractivity contribution < 1.29 is 13.9 Å². The molecule has 0 bridgehead atoms. The number of halogens is 1. The first-order chi connectivity index (χ1) is 6.72. The molecule has 1 aromatic heterocycles. The minimum Gasteiger partial charge on any atom is -0.463 e. The molecule has 4 heteroatoms. The van der Waals surface area contributed by atoms with E-state index >= 15 is 0 Å². The van der Waals surface area contributed by atoms with Crippen molar-refractivity contribution in [3.05, 3.63) is 35.9 Å². The normalized spacial score (nSPS) is 10.4. The van der Waals surface area contributed by atoms with Crippen LogP contribution in [0.1, 0.15) is 12.5 Å². The van der Waals surface area contributed by atoms with E-state index in [0.717, 1.165) is 0 Å². The van der Waals surface area contributed by atoms with Crippen LogP contribution in [-0.4, -0.2) is 17.6 Å². The van der Waals surface area contributed by atoms with Crippen molar-refractivity contribution in [2.45, 2.75) is 6.92 Å². The number of ether oxygens (including phenoxy) is 1. The van der Waals surface area contributed by atoms with Gasteiger partial charge in [-0.3, -0.25) is 0 Å². The maximum atomic E-state index is 12.6. The van der Waals surface area contributed by atoms with Gasteiger partial charge in [-0.25, -0.2) is 9.78 Å². The van der Waals surface area contributed by atoms with Crippen LogP contribution in [0.4, 0.5) is 4.39 Å². The molecule has 0 unspecified atom stereocenters. The number of rotatable bonds is 3. The number of hydrogen-bond donors (Lipinski definition) is 0. The first-order valence-electron chi connectivity index (χ1n) is 4.18. The molecule has 0 aliphatic heterocycles. The summed E-state index contributed by atoms with van der Waals surface area (Å²) >= 11 is 0. The van der Waals surface area contributed by atoms with Gasteiger partial charge in [0.05, 0.1) is 6.61 Å². The summed E-state index contributed by atoms with van der Waals surface area (Å²) in [6.45, 7) is 2.05. The molecule has 0 spiro atoms. The van der Waals surface area contributed by atoms with E-state index in [1.807, 2.05) is 0 Å². The molecule has 0 radical (unpaired) electrons. The van der Waals surface area contributed by atoms with Crippen LogP contribution in [0.3, 0.4) is 0 Å². The molecule has 14 heavy (non-hydrogen) atoms. The molecule has 74 valence electrons. The van der Waals surface area contributed by atoms with Gasteiger partial charge in [0.15, 0.2) is 0 Å². The van der Waals surface area contributed by atoms with E-state index in [2.05, 4.69) is 9.72 Å². The van der Waals surface area contributed by atoms with Gasteiger partial charge in [-0.05, 0) is 24.6 Å². The van der Waals surface area contributed by atoms with Gasteiger partial charge in [-0.1, -0.05) is 0 Å². The highest BCUT2D eigenvalue weighted by atomic mass is 19.1. The van der Waals surface area contributed by atoms with Crippen LogP contribution in [0.5, 0.6) is 0 Å². The minimum absolute atomic E-state index is 0.327. The first kappa shape index (κ1) is 10.4. The Morgan fingerprint density at radius 1 is 1.71 bits per heavy atom. The summed E-state index contributed by atoms with van der Waals surface area (Å²) in [6.07, 6.45) is 4.06. The molecule has 0 aliphatic carbocycles. The Kier molecular flexibility index (Phi) is 3.79. The summed E-state index contributed by atoms with van der Waals surface area (Å²) in [6, 6.07) is 2.83. The van der Waals surface area contributed by atoms with E-state index in [0.29, 0.717) is 12.2 Å². The number of nitrogens with zero attached hydrogens (tertiary/aromatic N) is 1. The second-order valence-electron chi connectivity index (χ2n) is 2.50. The lowest BCUT2D eigenvalue weighted by molar-refractivity contribution is -0.137. The van der Waals surface area contributed by atoms with Crippen LogP contribution in [0.15, 0.2) is 24.4 Å². The third kappa shape index (κ3) is 3.35. The van der Waals surface area contributed by atoms with Crippen molar-refractivity contribution in [2.75, 3.05) is 6.61 Å². The predicted molar refractivity (Wildman–Crippen MR) is 49.9 cm³/mol. The van der Waals surface area contributed by atoms with Gasteiger partial charge in [0, 0.05) is 18.3 Å². The summed E-state index contributed by atoms with van der Waals surface area (Å²) < 4.78 is 17.2. The van der Waals surface area contributed by atoms with Crippen molar-refractivity contribution in [1.29, 1.82) is 0 Å². The topological polar surface area (TPSA) is 39.2 Å². The van der Waals surface area contributed by atoms with E-state index in [9.17, 15) is 9.18 Å². The Morgan fingerprint density at radius 3 is 3.14 bits per heavy atom. The SMILES string of the molecule is CCOC(=O)C=Cc1ccnc(F)c1. The number of carbonyl (C=O) groups excluding carboxylic acids is 1. The van der Waals surface area contributed by atoms with Gasteiger partial charge >= 0.3 is 5.97 Å². The van der Waals surface area contributed by atoms with Crippen LogP contribution in [0, 0.1) is 5.95 Å². The molecule has 3 nitrogen and oxygen atoms in total. The quantitative estimate of drug-likeness (QED) is 0.419. The van der Waals surface area contributed by atoms with E-state index in [4.69, 9.17) is 0 Å². The molecule has 1 aromatic rings. The van der Waals surface area contributed by atoms with Crippen LogP contribution in [-0.2, 0) is 9.53 Å². The summed E-state index contributed by atoms with van der Waals surface area (Å²) in [5, 5.41) is 0. The fraction of sp³-hybridized carbons (Fsp3) is 0.200. The Balaban J connectivity index is 2.64. The van der Waals surface area contributed by atoms with Gasteiger partial charge in [0.1, 0.15) is 0 Å². The highest BCUT2D eigenvalue weighted by molar-refractivity contribution is 5.86. The largest absolute Gasteiger partial charge is 0.463 e. The molecule has 0 N–H and O–H groups in total. The van der Waals surface area contributed by atoms with Crippen molar-refractivity contribution in [3.63, 3.8) is 0 Å². The molecule has 0 atom stereocenters. The second kappa shape index (κ2) is 5.11. The predicted octanol–water partition coefficient (Wildman–Crippen LogP) is 1.80. The number of pyridine rings is 1. The maximum absolute atomic E-state index is 12.6. The van der Waals surface area contributed by atoms with Crippen LogP contribution >= 0.6 is 0 Å². The van der Waals surface area contributed by atoms with Gasteiger partial charge in [0.2, 0.25) is 5.95 Å². The molecule has 0 fully saturated rings. The summed E-state index contributed by atoms with van der Waals surface area (Å²) in [5.74, 6) is -1.01. The molecule has 1 rings (SSSR count). The average Bonchev–Trinajstić information content (AvgIpc) is 2.15. The molecular formula is C10H10FNO2.